The van der Waals surface area contributed by atoms with Crippen molar-refractivity contribution in [2.75, 3.05) is 13.1 Å². The van der Waals surface area contributed by atoms with Gasteiger partial charge < -0.3 is 14.2 Å². The predicted molar refractivity (Wildman–Crippen MR) is 92.2 cm³/mol. The molecule has 136 valence electrons. The maximum Gasteiger partial charge on any atom is 0.494 e. The Kier molecular flexibility index (Phi) is 4.24. The molecule has 2 saturated heterocycles. The highest BCUT2D eigenvalue weighted by atomic mass is 19.3. The summed E-state index contributed by atoms with van der Waals surface area (Å²) in [5.41, 5.74) is 0.310. The number of nitrogens with zero attached hydrogens (tertiary/aromatic N) is 1. The molecule has 0 bridgehead atoms. The minimum absolute atomic E-state index is 0.265. The van der Waals surface area contributed by atoms with Crippen molar-refractivity contribution in [3.63, 3.8) is 0 Å². The van der Waals surface area contributed by atoms with Crippen LogP contribution in [0.25, 0.3) is 0 Å². The lowest BCUT2D eigenvalue weighted by atomic mass is 9.78. The third kappa shape index (κ3) is 3.08. The first kappa shape index (κ1) is 18.3. The van der Waals surface area contributed by atoms with E-state index in [4.69, 9.17) is 9.31 Å². The van der Waals surface area contributed by atoms with Gasteiger partial charge >= 0.3 is 7.12 Å². The molecule has 0 spiro atoms. The van der Waals surface area contributed by atoms with Gasteiger partial charge in [-0.1, -0.05) is 26.0 Å². The van der Waals surface area contributed by atoms with Gasteiger partial charge in [0.15, 0.2) is 0 Å². The van der Waals surface area contributed by atoms with E-state index in [1.165, 1.54) is 0 Å². The number of rotatable bonds is 3. The summed E-state index contributed by atoms with van der Waals surface area (Å²) in [6.45, 7) is 9.23. The van der Waals surface area contributed by atoms with E-state index < -0.39 is 37.3 Å². The molecule has 7 heteroatoms. The van der Waals surface area contributed by atoms with Crippen LogP contribution in [0.3, 0.4) is 0 Å². The van der Waals surface area contributed by atoms with Gasteiger partial charge in [-0.15, -0.1) is 0 Å². The van der Waals surface area contributed by atoms with Gasteiger partial charge in [-0.3, -0.25) is 4.79 Å². The van der Waals surface area contributed by atoms with Crippen molar-refractivity contribution >= 4 is 18.5 Å². The topological polar surface area (TPSA) is 38.8 Å². The number of benzene rings is 1. The van der Waals surface area contributed by atoms with Gasteiger partial charge in [-0.2, -0.15) is 0 Å². The normalized spacial score (nSPS) is 27.5. The highest BCUT2D eigenvalue weighted by Gasteiger charge is 2.56. The van der Waals surface area contributed by atoms with Crippen LogP contribution in [-0.4, -0.2) is 48.1 Å². The van der Waals surface area contributed by atoms with E-state index in [-0.39, 0.29) is 11.8 Å². The number of carbonyl (C=O) groups is 1. The van der Waals surface area contributed by atoms with Crippen molar-refractivity contribution in [1.29, 1.82) is 0 Å². The highest BCUT2D eigenvalue weighted by molar-refractivity contribution is 6.62. The molecule has 1 unspecified atom stereocenters. The van der Waals surface area contributed by atoms with Gasteiger partial charge in [0.25, 0.3) is 11.8 Å². The summed E-state index contributed by atoms with van der Waals surface area (Å²) in [6.07, 6.45) is 0. The molecule has 2 aliphatic rings. The average molecular weight is 351 g/mol. The average Bonchev–Trinajstić information content (AvgIpc) is 2.75. The number of hydrogen-bond donors (Lipinski definition) is 0. The maximum absolute atomic E-state index is 12.9. The lowest BCUT2D eigenvalue weighted by molar-refractivity contribution is -0.113. The second kappa shape index (κ2) is 5.78. The largest absolute Gasteiger partial charge is 0.494 e. The second-order valence-electron chi connectivity index (χ2n) is 7.98. The first-order chi connectivity index (χ1) is 11.5. The molecule has 3 rings (SSSR count). The molecule has 1 aromatic rings. The molecule has 0 saturated carbocycles. The Morgan fingerprint density at radius 1 is 1.12 bits per heavy atom. The van der Waals surface area contributed by atoms with Gasteiger partial charge in [-0.05, 0) is 44.3 Å². The monoisotopic (exact) mass is 351 g/mol. The van der Waals surface area contributed by atoms with Crippen LogP contribution < -0.4 is 5.46 Å². The summed E-state index contributed by atoms with van der Waals surface area (Å²) in [4.78, 5) is 13.3. The van der Waals surface area contributed by atoms with Crippen LogP contribution in [-0.2, 0) is 9.31 Å². The summed E-state index contributed by atoms with van der Waals surface area (Å²) in [5, 5.41) is 0. The maximum atomic E-state index is 12.9. The van der Waals surface area contributed by atoms with Crippen molar-refractivity contribution < 1.29 is 22.9 Å². The van der Waals surface area contributed by atoms with Crippen LogP contribution in [0.2, 0.25) is 0 Å². The number of amides is 1. The Morgan fingerprint density at radius 3 is 2.12 bits per heavy atom. The molecule has 1 atom stereocenters. The second-order valence-corrected chi connectivity index (χ2v) is 7.98. The van der Waals surface area contributed by atoms with Crippen molar-refractivity contribution in [3.05, 3.63) is 29.8 Å². The summed E-state index contributed by atoms with van der Waals surface area (Å²) in [5.74, 6) is -2.87. The van der Waals surface area contributed by atoms with E-state index in [2.05, 4.69) is 13.8 Å². The molecule has 2 fully saturated rings. The van der Waals surface area contributed by atoms with Crippen LogP contribution >= 0.6 is 0 Å². The molecular weight excluding hydrogens is 327 g/mol. The fourth-order valence-electron chi connectivity index (χ4n) is 3.36. The summed E-state index contributed by atoms with van der Waals surface area (Å²) >= 11 is 0. The first-order valence-electron chi connectivity index (χ1n) is 8.58. The third-order valence-corrected chi connectivity index (χ3v) is 5.61. The third-order valence-electron chi connectivity index (χ3n) is 5.61. The Bertz CT molecular complexity index is 669. The zero-order chi connectivity index (χ0) is 18.6. The molecule has 2 aliphatic heterocycles. The number of likely N-dealkylation sites (tertiary alicyclic amines) is 1. The summed E-state index contributed by atoms with van der Waals surface area (Å²) in [7, 11) is -0.514. The molecular formula is C18H24BF2NO3. The Balaban J connectivity index is 1.72. The van der Waals surface area contributed by atoms with Crippen molar-refractivity contribution in [2.24, 2.45) is 5.92 Å². The Labute approximate surface area is 147 Å². The van der Waals surface area contributed by atoms with E-state index in [0.29, 0.717) is 5.56 Å². The van der Waals surface area contributed by atoms with E-state index in [9.17, 15) is 13.6 Å². The standard InChI is InChI=1S/C18H24BF2NO3/c1-12(2)17(5)16(3,4)24-19(25-17)14-8-6-13(7-9-14)15(23)22-10-18(20,21)11-22/h6-9,12H,10-11H2,1-5H3. The van der Waals surface area contributed by atoms with E-state index >= 15 is 0 Å². The number of alkyl halides is 2. The highest BCUT2D eigenvalue weighted by Crippen LogP contribution is 2.42. The van der Waals surface area contributed by atoms with Gasteiger partial charge in [0, 0.05) is 5.56 Å². The number of halogens is 2. The lowest BCUT2D eigenvalue weighted by Gasteiger charge is -2.39. The van der Waals surface area contributed by atoms with E-state index in [1.807, 2.05) is 20.8 Å². The Hall–Kier alpha value is -1.47. The molecule has 2 heterocycles. The van der Waals surface area contributed by atoms with Crippen LogP contribution in [0.4, 0.5) is 8.78 Å². The molecule has 1 aromatic carbocycles. The number of hydrogen-bond acceptors (Lipinski definition) is 3. The van der Waals surface area contributed by atoms with Gasteiger partial charge in [0.2, 0.25) is 0 Å². The van der Waals surface area contributed by atoms with Crippen molar-refractivity contribution in [3.8, 4) is 0 Å². The van der Waals surface area contributed by atoms with Gasteiger partial charge in [-0.25, -0.2) is 8.78 Å². The Morgan fingerprint density at radius 2 is 1.68 bits per heavy atom. The SMILES string of the molecule is CC(C)C1(C)OB(c2ccc(C(=O)N3CC(F)(F)C3)cc2)OC1(C)C. The molecule has 1 amide bonds. The zero-order valence-corrected chi connectivity index (χ0v) is 15.3. The summed E-state index contributed by atoms with van der Waals surface area (Å²) < 4.78 is 38.1. The lowest BCUT2D eigenvalue weighted by Crippen LogP contribution is -2.58. The summed E-state index contributed by atoms with van der Waals surface area (Å²) in [6, 6.07) is 6.80. The van der Waals surface area contributed by atoms with Crippen LogP contribution in [0.1, 0.15) is 45.0 Å². The van der Waals surface area contributed by atoms with Gasteiger partial charge in [0.1, 0.15) is 0 Å². The fourth-order valence-corrected chi connectivity index (χ4v) is 3.36. The molecule has 0 aromatic heterocycles. The predicted octanol–water partition coefficient (Wildman–Crippen LogP) is 2.71. The van der Waals surface area contributed by atoms with Crippen LogP contribution in [0.5, 0.6) is 0 Å². The molecule has 0 aliphatic carbocycles. The number of carbonyl (C=O) groups excluding carboxylic acids is 1. The minimum Gasteiger partial charge on any atom is -0.399 e. The van der Waals surface area contributed by atoms with Crippen molar-refractivity contribution in [2.45, 2.75) is 51.7 Å². The molecule has 0 N–H and O–H groups in total. The van der Waals surface area contributed by atoms with Crippen LogP contribution in [0, 0.1) is 5.92 Å². The molecule has 25 heavy (non-hydrogen) atoms. The minimum atomic E-state index is -2.76. The van der Waals surface area contributed by atoms with Gasteiger partial charge in [0.05, 0.1) is 24.3 Å². The van der Waals surface area contributed by atoms with E-state index in [1.54, 1.807) is 24.3 Å². The molecule has 4 nitrogen and oxygen atoms in total. The van der Waals surface area contributed by atoms with Crippen molar-refractivity contribution in [1.82, 2.24) is 4.90 Å². The smallest absolute Gasteiger partial charge is 0.399 e. The molecule has 0 radical (unpaired) electrons. The fraction of sp³-hybridized carbons (Fsp3) is 0.611. The zero-order valence-electron chi connectivity index (χ0n) is 15.3. The van der Waals surface area contributed by atoms with E-state index in [0.717, 1.165) is 10.4 Å². The quantitative estimate of drug-likeness (QED) is 0.786. The van der Waals surface area contributed by atoms with Crippen LogP contribution in [0.15, 0.2) is 24.3 Å². The first-order valence-corrected chi connectivity index (χ1v) is 8.58.